The van der Waals surface area contributed by atoms with E-state index in [4.69, 9.17) is 10.5 Å². The van der Waals surface area contributed by atoms with E-state index in [-0.39, 0.29) is 18.4 Å². The predicted octanol–water partition coefficient (Wildman–Crippen LogP) is -1.16. The zero-order valence-electron chi connectivity index (χ0n) is 10.1. The standard InChI is InChI=1S/C11H19N3O3/c1-13-9(15)8-7-17-6-5-14(8)10(16)11(12)3-2-4-11/h8H,2-7,12H2,1H3,(H,13,15). The number of carbonyl (C=O) groups excluding carboxylic acids is 2. The summed E-state index contributed by atoms with van der Waals surface area (Å²) in [5, 5.41) is 2.55. The normalized spacial score (nSPS) is 27.2. The quantitative estimate of drug-likeness (QED) is 0.639. The van der Waals surface area contributed by atoms with E-state index in [2.05, 4.69) is 5.32 Å². The SMILES string of the molecule is CNC(=O)C1COCCN1C(=O)C1(N)CCC1. The topological polar surface area (TPSA) is 84.7 Å². The Hall–Kier alpha value is -1.14. The number of morpholine rings is 1. The lowest BCUT2D eigenvalue weighted by Gasteiger charge is -2.44. The maximum Gasteiger partial charge on any atom is 0.244 e. The molecular formula is C11H19N3O3. The van der Waals surface area contributed by atoms with Crippen LogP contribution in [-0.2, 0) is 14.3 Å². The van der Waals surface area contributed by atoms with Gasteiger partial charge in [-0.1, -0.05) is 0 Å². The van der Waals surface area contributed by atoms with Crippen molar-refractivity contribution in [1.29, 1.82) is 0 Å². The molecule has 0 aromatic rings. The molecule has 1 aliphatic carbocycles. The molecule has 3 N–H and O–H groups in total. The fourth-order valence-corrected chi connectivity index (χ4v) is 2.29. The van der Waals surface area contributed by atoms with E-state index in [1.165, 1.54) is 0 Å². The van der Waals surface area contributed by atoms with Crippen molar-refractivity contribution in [3.8, 4) is 0 Å². The van der Waals surface area contributed by atoms with Gasteiger partial charge in [-0.25, -0.2) is 0 Å². The van der Waals surface area contributed by atoms with Crippen LogP contribution in [0.1, 0.15) is 19.3 Å². The number of nitrogens with zero attached hydrogens (tertiary/aromatic N) is 1. The molecule has 0 aromatic heterocycles. The van der Waals surface area contributed by atoms with Gasteiger partial charge in [-0.3, -0.25) is 9.59 Å². The lowest BCUT2D eigenvalue weighted by atomic mass is 9.76. The van der Waals surface area contributed by atoms with Crippen LogP contribution in [0.3, 0.4) is 0 Å². The summed E-state index contributed by atoms with van der Waals surface area (Å²) in [6.07, 6.45) is 2.41. The molecule has 2 rings (SSSR count). The number of amides is 2. The Labute approximate surface area is 100 Å². The van der Waals surface area contributed by atoms with Crippen molar-refractivity contribution in [2.45, 2.75) is 30.8 Å². The first-order chi connectivity index (χ1) is 8.08. The van der Waals surface area contributed by atoms with Gasteiger partial charge in [0.05, 0.1) is 18.8 Å². The van der Waals surface area contributed by atoms with Crippen LogP contribution in [0.25, 0.3) is 0 Å². The van der Waals surface area contributed by atoms with E-state index in [0.717, 1.165) is 6.42 Å². The van der Waals surface area contributed by atoms with Crippen molar-refractivity contribution in [1.82, 2.24) is 10.2 Å². The maximum absolute atomic E-state index is 12.3. The number of likely N-dealkylation sites (N-methyl/N-ethyl adjacent to an activating group) is 1. The Bertz CT molecular complexity index is 328. The fourth-order valence-electron chi connectivity index (χ4n) is 2.29. The Morgan fingerprint density at radius 3 is 2.71 bits per heavy atom. The van der Waals surface area contributed by atoms with Gasteiger partial charge in [0.25, 0.3) is 0 Å². The lowest BCUT2D eigenvalue weighted by Crippen LogP contribution is -2.65. The molecule has 1 unspecified atom stereocenters. The maximum atomic E-state index is 12.3. The minimum atomic E-state index is -0.746. The van der Waals surface area contributed by atoms with Crippen molar-refractivity contribution in [2.24, 2.45) is 5.73 Å². The molecule has 1 atom stereocenters. The molecule has 2 amide bonds. The van der Waals surface area contributed by atoms with Crippen molar-refractivity contribution in [3.63, 3.8) is 0 Å². The highest BCUT2D eigenvalue weighted by molar-refractivity contribution is 5.92. The zero-order valence-corrected chi connectivity index (χ0v) is 10.1. The summed E-state index contributed by atoms with van der Waals surface area (Å²) in [7, 11) is 1.56. The highest BCUT2D eigenvalue weighted by Crippen LogP contribution is 2.31. The van der Waals surface area contributed by atoms with Crippen LogP contribution in [0, 0.1) is 0 Å². The van der Waals surface area contributed by atoms with Crippen LogP contribution in [-0.4, -0.2) is 55.1 Å². The average Bonchev–Trinajstić information content (AvgIpc) is 2.34. The lowest BCUT2D eigenvalue weighted by molar-refractivity contribution is -0.154. The van der Waals surface area contributed by atoms with Gasteiger partial charge >= 0.3 is 0 Å². The molecule has 0 bridgehead atoms. The first-order valence-electron chi connectivity index (χ1n) is 5.98. The smallest absolute Gasteiger partial charge is 0.244 e. The van der Waals surface area contributed by atoms with Crippen LogP contribution in [0.2, 0.25) is 0 Å². The number of hydrogen-bond donors (Lipinski definition) is 2. The van der Waals surface area contributed by atoms with Gasteiger partial charge in [0.15, 0.2) is 0 Å². The minimum absolute atomic E-state index is 0.111. The largest absolute Gasteiger partial charge is 0.377 e. The number of nitrogens with two attached hydrogens (primary N) is 1. The summed E-state index contributed by atoms with van der Waals surface area (Å²) in [4.78, 5) is 25.6. The summed E-state index contributed by atoms with van der Waals surface area (Å²) >= 11 is 0. The molecule has 6 heteroatoms. The monoisotopic (exact) mass is 241 g/mol. The summed E-state index contributed by atoms with van der Waals surface area (Å²) in [6, 6.07) is -0.540. The molecule has 6 nitrogen and oxygen atoms in total. The van der Waals surface area contributed by atoms with Crippen LogP contribution < -0.4 is 11.1 Å². The Morgan fingerprint density at radius 1 is 1.47 bits per heavy atom. The van der Waals surface area contributed by atoms with Crippen LogP contribution in [0.4, 0.5) is 0 Å². The van der Waals surface area contributed by atoms with Gasteiger partial charge in [0.1, 0.15) is 6.04 Å². The molecule has 0 aromatic carbocycles. The Kier molecular flexibility index (Phi) is 3.35. The number of rotatable bonds is 2. The van der Waals surface area contributed by atoms with Gasteiger partial charge in [-0.05, 0) is 19.3 Å². The summed E-state index contributed by atoms with van der Waals surface area (Å²) in [6.45, 7) is 1.16. The molecular weight excluding hydrogens is 222 g/mol. The number of ether oxygens (including phenoxy) is 1. The summed E-state index contributed by atoms with van der Waals surface area (Å²) < 4.78 is 5.25. The van der Waals surface area contributed by atoms with Gasteiger partial charge in [0, 0.05) is 13.6 Å². The van der Waals surface area contributed by atoms with Gasteiger partial charge in [-0.15, -0.1) is 0 Å². The van der Waals surface area contributed by atoms with Gasteiger partial charge in [-0.2, -0.15) is 0 Å². The van der Waals surface area contributed by atoms with Crippen molar-refractivity contribution in [2.75, 3.05) is 26.8 Å². The second-order valence-corrected chi connectivity index (χ2v) is 4.71. The van der Waals surface area contributed by atoms with Crippen LogP contribution >= 0.6 is 0 Å². The Balaban J connectivity index is 2.10. The zero-order chi connectivity index (χ0) is 12.5. The third-order valence-corrected chi connectivity index (χ3v) is 3.61. The van der Waals surface area contributed by atoms with Gasteiger partial charge < -0.3 is 20.7 Å². The third-order valence-electron chi connectivity index (χ3n) is 3.61. The van der Waals surface area contributed by atoms with E-state index < -0.39 is 11.6 Å². The molecule has 2 fully saturated rings. The molecule has 0 spiro atoms. The van der Waals surface area contributed by atoms with Crippen LogP contribution in [0.5, 0.6) is 0 Å². The molecule has 2 aliphatic rings. The minimum Gasteiger partial charge on any atom is -0.377 e. The molecule has 1 saturated carbocycles. The number of hydrogen-bond acceptors (Lipinski definition) is 4. The molecule has 0 radical (unpaired) electrons. The molecule has 17 heavy (non-hydrogen) atoms. The molecule has 1 saturated heterocycles. The Morgan fingerprint density at radius 2 is 2.18 bits per heavy atom. The first kappa shape index (κ1) is 12.3. The van der Waals surface area contributed by atoms with E-state index >= 15 is 0 Å². The number of carbonyl (C=O) groups is 2. The van der Waals surface area contributed by atoms with Crippen molar-refractivity contribution in [3.05, 3.63) is 0 Å². The number of nitrogens with one attached hydrogen (secondary N) is 1. The molecule has 1 heterocycles. The highest BCUT2D eigenvalue weighted by atomic mass is 16.5. The van der Waals surface area contributed by atoms with E-state index in [9.17, 15) is 9.59 Å². The molecule has 1 aliphatic heterocycles. The average molecular weight is 241 g/mol. The second kappa shape index (κ2) is 4.62. The van der Waals surface area contributed by atoms with Gasteiger partial charge in [0.2, 0.25) is 11.8 Å². The van der Waals surface area contributed by atoms with Crippen molar-refractivity contribution < 1.29 is 14.3 Å². The van der Waals surface area contributed by atoms with E-state index in [1.807, 2.05) is 0 Å². The third kappa shape index (κ3) is 2.14. The molecule has 96 valence electrons. The highest BCUT2D eigenvalue weighted by Gasteiger charge is 2.46. The van der Waals surface area contributed by atoms with E-state index in [1.54, 1.807) is 11.9 Å². The summed E-state index contributed by atoms with van der Waals surface area (Å²) in [5.41, 5.74) is 5.27. The first-order valence-corrected chi connectivity index (χ1v) is 5.98. The predicted molar refractivity (Wildman–Crippen MR) is 61.2 cm³/mol. The van der Waals surface area contributed by atoms with E-state index in [0.29, 0.717) is 26.0 Å². The van der Waals surface area contributed by atoms with Crippen molar-refractivity contribution >= 4 is 11.8 Å². The van der Waals surface area contributed by atoms with Crippen LogP contribution in [0.15, 0.2) is 0 Å². The second-order valence-electron chi connectivity index (χ2n) is 4.71. The fraction of sp³-hybridized carbons (Fsp3) is 0.818. The summed E-state index contributed by atoms with van der Waals surface area (Å²) in [5.74, 6) is -0.304.